The highest BCUT2D eigenvalue weighted by atomic mass is 32.2. The molecule has 1 atom stereocenters. The van der Waals surface area contributed by atoms with Gasteiger partial charge in [0.1, 0.15) is 10.6 Å². The number of aryl methyl sites for hydroxylation is 2. The van der Waals surface area contributed by atoms with Gasteiger partial charge in [-0.3, -0.25) is 9.59 Å². The number of benzene rings is 1. The van der Waals surface area contributed by atoms with Crippen molar-refractivity contribution in [3.05, 3.63) is 23.3 Å². The average molecular weight is 412 g/mol. The minimum Gasteiger partial charge on any atom is -0.495 e. The number of nitrogens with one attached hydrogen (secondary N) is 2. The van der Waals surface area contributed by atoms with Crippen molar-refractivity contribution in [2.45, 2.75) is 45.1 Å². The van der Waals surface area contributed by atoms with Gasteiger partial charge in [-0.05, 0) is 51.0 Å². The van der Waals surface area contributed by atoms with E-state index < -0.39 is 15.9 Å². The zero-order valence-corrected chi connectivity index (χ0v) is 17.9. The van der Waals surface area contributed by atoms with E-state index in [0.29, 0.717) is 6.54 Å². The Morgan fingerprint density at radius 1 is 1.25 bits per heavy atom. The van der Waals surface area contributed by atoms with Crippen LogP contribution in [0.25, 0.3) is 0 Å². The highest BCUT2D eigenvalue weighted by molar-refractivity contribution is 7.89. The van der Waals surface area contributed by atoms with Crippen LogP contribution in [0.2, 0.25) is 0 Å². The lowest BCUT2D eigenvalue weighted by Gasteiger charge is -2.20. The number of hydrogen-bond donors (Lipinski definition) is 2. The standard InChI is InChI=1S/C19H29N3O5S/c1-12(2)22-11-15(10-18(22)23)19(24)20-6-7-21-28(25,26)17-9-14(4)13(3)8-16(17)27-5/h8-9,12,15,21H,6-7,10-11H2,1-5H3,(H,20,24). The van der Waals surface area contributed by atoms with E-state index in [0.717, 1.165) is 11.1 Å². The number of hydrogen-bond acceptors (Lipinski definition) is 5. The molecule has 0 aliphatic carbocycles. The summed E-state index contributed by atoms with van der Waals surface area (Å²) in [5.41, 5.74) is 1.78. The van der Waals surface area contributed by atoms with E-state index in [1.165, 1.54) is 7.11 Å². The number of rotatable bonds is 8. The van der Waals surface area contributed by atoms with Crippen LogP contribution in [0, 0.1) is 19.8 Å². The van der Waals surface area contributed by atoms with E-state index in [9.17, 15) is 18.0 Å². The first-order valence-electron chi connectivity index (χ1n) is 9.29. The fourth-order valence-corrected chi connectivity index (χ4v) is 4.40. The van der Waals surface area contributed by atoms with Crippen LogP contribution in [0.15, 0.2) is 17.0 Å². The van der Waals surface area contributed by atoms with Gasteiger partial charge < -0.3 is 15.0 Å². The molecule has 2 rings (SSSR count). The summed E-state index contributed by atoms with van der Waals surface area (Å²) in [6.45, 7) is 8.11. The van der Waals surface area contributed by atoms with Crippen molar-refractivity contribution in [1.29, 1.82) is 0 Å². The second-order valence-corrected chi connectivity index (χ2v) is 9.05. The number of carbonyl (C=O) groups excluding carboxylic acids is 2. The van der Waals surface area contributed by atoms with Gasteiger partial charge in [0.05, 0.1) is 13.0 Å². The molecule has 2 N–H and O–H groups in total. The van der Waals surface area contributed by atoms with Crippen molar-refractivity contribution in [2.24, 2.45) is 5.92 Å². The molecule has 0 saturated carbocycles. The molecule has 0 radical (unpaired) electrons. The number of sulfonamides is 1. The van der Waals surface area contributed by atoms with E-state index in [1.54, 1.807) is 17.0 Å². The molecule has 9 heteroatoms. The Balaban J connectivity index is 1.90. The van der Waals surface area contributed by atoms with Crippen molar-refractivity contribution >= 4 is 21.8 Å². The van der Waals surface area contributed by atoms with Gasteiger partial charge in [0.2, 0.25) is 21.8 Å². The third-order valence-electron chi connectivity index (χ3n) is 4.94. The molecule has 1 aromatic rings. The van der Waals surface area contributed by atoms with Gasteiger partial charge in [0.15, 0.2) is 0 Å². The van der Waals surface area contributed by atoms with E-state index in [2.05, 4.69) is 10.0 Å². The van der Waals surface area contributed by atoms with Crippen molar-refractivity contribution in [1.82, 2.24) is 14.9 Å². The molecule has 1 aliphatic heterocycles. The highest BCUT2D eigenvalue weighted by Crippen LogP contribution is 2.27. The number of nitrogens with zero attached hydrogens (tertiary/aromatic N) is 1. The molecule has 0 spiro atoms. The minimum atomic E-state index is -3.78. The van der Waals surface area contributed by atoms with Crippen LogP contribution in [-0.4, -0.2) is 57.9 Å². The van der Waals surface area contributed by atoms with Crippen LogP contribution >= 0.6 is 0 Å². The van der Waals surface area contributed by atoms with Crippen molar-refractivity contribution < 1.29 is 22.7 Å². The lowest BCUT2D eigenvalue weighted by Crippen LogP contribution is -2.39. The summed E-state index contributed by atoms with van der Waals surface area (Å²) < 4.78 is 32.8. The first kappa shape index (κ1) is 22.2. The number of ether oxygens (including phenoxy) is 1. The van der Waals surface area contributed by atoms with E-state index in [-0.39, 0.29) is 48.0 Å². The van der Waals surface area contributed by atoms with Crippen molar-refractivity contribution in [3.63, 3.8) is 0 Å². The number of methoxy groups -OCH3 is 1. The molecule has 1 aliphatic rings. The summed E-state index contributed by atoms with van der Waals surface area (Å²) in [6, 6.07) is 3.31. The molecular formula is C19H29N3O5S. The van der Waals surface area contributed by atoms with Crippen LogP contribution in [-0.2, 0) is 19.6 Å². The van der Waals surface area contributed by atoms with Gasteiger partial charge in [-0.1, -0.05) is 0 Å². The Hall–Kier alpha value is -2.13. The zero-order chi connectivity index (χ0) is 21.1. The summed E-state index contributed by atoms with van der Waals surface area (Å²) in [7, 11) is -2.35. The topological polar surface area (TPSA) is 105 Å². The maximum Gasteiger partial charge on any atom is 0.244 e. The molecule has 8 nitrogen and oxygen atoms in total. The Labute approximate surface area is 166 Å². The molecule has 28 heavy (non-hydrogen) atoms. The van der Waals surface area contributed by atoms with Gasteiger partial charge in [0.25, 0.3) is 0 Å². The first-order valence-corrected chi connectivity index (χ1v) is 10.8. The third kappa shape index (κ3) is 5.02. The average Bonchev–Trinajstić information content (AvgIpc) is 3.02. The molecule has 1 unspecified atom stereocenters. The van der Waals surface area contributed by atoms with E-state index >= 15 is 0 Å². The Bertz CT molecular complexity index is 851. The van der Waals surface area contributed by atoms with Crippen LogP contribution < -0.4 is 14.8 Å². The maximum absolute atomic E-state index is 12.6. The predicted octanol–water partition coefficient (Wildman–Crippen LogP) is 0.963. The van der Waals surface area contributed by atoms with E-state index in [4.69, 9.17) is 4.74 Å². The van der Waals surface area contributed by atoms with Gasteiger partial charge in [0, 0.05) is 32.1 Å². The molecular weight excluding hydrogens is 382 g/mol. The minimum absolute atomic E-state index is 0.0299. The fraction of sp³-hybridized carbons (Fsp3) is 0.579. The molecule has 156 valence electrons. The van der Waals surface area contributed by atoms with Gasteiger partial charge in [-0.25, -0.2) is 13.1 Å². The third-order valence-corrected chi connectivity index (χ3v) is 6.42. The zero-order valence-electron chi connectivity index (χ0n) is 17.0. The number of amides is 2. The smallest absolute Gasteiger partial charge is 0.244 e. The highest BCUT2D eigenvalue weighted by Gasteiger charge is 2.35. The van der Waals surface area contributed by atoms with Gasteiger partial charge >= 0.3 is 0 Å². The monoisotopic (exact) mass is 411 g/mol. The quantitative estimate of drug-likeness (QED) is 0.620. The second-order valence-electron chi connectivity index (χ2n) is 7.32. The van der Waals surface area contributed by atoms with Gasteiger partial charge in [-0.2, -0.15) is 0 Å². The largest absolute Gasteiger partial charge is 0.495 e. The summed E-state index contributed by atoms with van der Waals surface area (Å²) in [4.78, 5) is 25.9. The first-order chi connectivity index (χ1) is 13.1. The normalized spacial score (nSPS) is 17.3. The molecule has 0 bridgehead atoms. The molecule has 0 aromatic heterocycles. The Morgan fingerprint density at radius 3 is 2.46 bits per heavy atom. The van der Waals surface area contributed by atoms with E-state index in [1.807, 2.05) is 27.7 Å². The summed E-state index contributed by atoms with van der Waals surface area (Å²) in [5, 5.41) is 2.70. The summed E-state index contributed by atoms with van der Waals surface area (Å²) in [5.74, 6) is -0.388. The molecule has 1 heterocycles. The summed E-state index contributed by atoms with van der Waals surface area (Å²) >= 11 is 0. The SMILES string of the molecule is COc1cc(C)c(C)cc1S(=O)(=O)NCCNC(=O)C1CC(=O)N(C(C)C)C1. The Kier molecular flexibility index (Phi) is 7.06. The van der Waals surface area contributed by atoms with Crippen LogP contribution in [0.3, 0.4) is 0 Å². The van der Waals surface area contributed by atoms with Crippen LogP contribution in [0.1, 0.15) is 31.4 Å². The Morgan fingerprint density at radius 2 is 1.89 bits per heavy atom. The van der Waals surface area contributed by atoms with Crippen LogP contribution in [0.5, 0.6) is 5.75 Å². The van der Waals surface area contributed by atoms with Crippen LogP contribution in [0.4, 0.5) is 0 Å². The second kappa shape index (κ2) is 8.91. The molecule has 1 aromatic carbocycles. The summed E-state index contributed by atoms with van der Waals surface area (Å²) in [6.07, 6.45) is 0.190. The fourth-order valence-electron chi connectivity index (χ4n) is 3.13. The van der Waals surface area contributed by atoms with Crippen molar-refractivity contribution in [2.75, 3.05) is 26.7 Å². The maximum atomic E-state index is 12.6. The lowest BCUT2D eigenvalue weighted by molar-refractivity contribution is -0.129. The molecule has 1 fully saturated rings. The lowest BCUT2D eigenvalue weighted by atomic mass is 10.1. The number of likely N-dealkylation sites (tertiary alicyclic amines) is 1. The molecule has 1 saturated heterocycles. The number of carbonyl (C=O) groups is 2. The van der Waals surface area contributed by atoms with Crippen molar-refractivity contribution in [3.8, 4) is 5.75 Å². The van der Waals surface area contributed by atoms with Gasteiger partial charge in [-0.15, -0.1) is 0 Å². The molecule has 2 amide bonds. The predicted molar refractivity (Wildman–Crippen MR) is 106 cm³/mol.